The van der Waals surface area contributed by atoms with Crippen LogP contribution in [0.15, 0.2) is 24.3 Å². The highest BCUT2D eigenvalue weighted by Gasteiger charge is 2.24. The molecule has 4 heteroatoms. The highest BCUT2D eigenvalue weighted by atomic mass is 16.5. The van der Waals surface area contributed by atoms with Crippen molar-refractivity contribution in [3.8, 4) is 5.75 Å². The molecule has 0 aromatic heterocycles. The van der Waals surface area contributed by atoms with Gasteiger partial charge in [-0.1, -0.05) is 25.1 Å². The molecule has 1 aromatic rings. The summed E-state index contributed by atoms with van der Waals surface area (Å²) in [6, 6.07) is 7.97. The molecule has 1 heterocycles. The zero-order valence-electron chi connectivity index (χ0n) is 10.8. The molecule has 0 aliphatic carbocycles. The molecule has 0 radical (unpaired) electrons. The molecule has 1 aliphatic heterocycles. The van der Waals surface area contributed by atoms with Crippen molar-refractivity contribution in [3.63, 3.8) is 0 Å². The van der Waals surface area contributed by atoms with E-state index in [1.807, 2.05) is 25.1 Å². The minimum Gasteiger partial charge on any atom is -0.488 e. The van der Waals surface area contributed by atoms with Crippen molar-refractivity contribution in [2.45, 2.75) is 32.0 Å². The van der Waals surface area contributed by atoms with Crippen molar-refractivity contribution in [1.29, 1.82) is 0 Å². The number of nitrogens with one attached hydrogen (secondary N) is 1. The van der Waals surface area contributed by atoms with Gasteiger partial charge in [0, 0.05) is 13.5 Å². The number of hydrogen-bond acceptors (Lipinski definition) is 3. The summed E-state index contributed by atoms with van der Waals surface area (Å²) in [4.78, 5) is 11.7. The standard InChI is InChI=1S/C14H19NO3/c1-3-12(17-2)14(16)15-9-11-8-10-6-4-5-7-13(10)18-11/h4-7,11-12H,3,8-9H2,1-2H3,(H,15,16)/t11-,12+/m1/s1. The molecule has 4 nitrogen and oxygen atoms in total. The van der Waals surface area contributed by atoms with Crippen molar-refractivity contribution in [2.75, 3.05) is 13.7 Å². The summed E-state index contributed by atoms with van der Waals surface area (Å²) in [7, 11) is 1.55. The molecule has 98 valence electrons. The molecule has 0 saturated heterocycles. The largest absolute Gasteiger partial charge is 0.488 e. The van der Waals surface area contributed by atoms with Crippen LogP contribution in [-0.4, -0.2) is 31.8 Å². The second kappa shape index (κ2) is 5.87. The molecule has 0 spiro atoms. The van der Waals surface area contributed by atoms with Crippen molar-refractivity contribution < 1.29 is 14.3 Å². The molecular formula is C14H19NO3. The minimum atomic E-state index is -0.367. The number of para-hydroxylation sites is 1. The second-order valence-corrected chi connectivity index (χ2v) is 4.43. The van der Waals surface area contributed by atoms with Crippen LogP contribution in [0.25, 0.3) is 0 Å². The molecule has 2 atom stereocenters. The first-order chi connectivity index (χ1) is 8.74. The first kappa shape index (κ1) is 12.9. The van der Waals surface area contributed by atoms with Gasteiger partial charge in [0.15, 0.2) is 0 Å². The highest BCUT2D eigenvalue weighted by Crippen LogP contribution is 2.27. The van der Waals surface area contributed by atoms with Crippen LogP contribution in [0.1, 0.15) is 18.9 Å². The third-order valence-corrected chi connectivity index (χ3v) is 3.17. The predicted molar refractivity (Wildman–Crippen MR) is 68.7 cm³/mol. The molecule has 1 aliphatic rings. The molecule has 18 heavy (non-hydrogen) atoms. The van der Waals surface area contributed by atoms with Crippen LogP contribution in [0.2, 0.25) is 0 Å². The van der Waals surface area contributed by atoms with Crippen LogP contribution in [0.4, 0.5) is 0 Å². The lowest BCUT2D eigenvalue weighted by Gasteiger charge is -2.16. The van der Waals surface area contributed by atoms with E-state index in [4.69, 9.17) is 9.47 Å². The molecule has 0 saturated carbocycles. The van der Waals surface area contributed by atoms with E-state index < -0.39 is 0 Å². The molecular weight excluding hydrogens is 230 g/mol. The normalized spacial score (nSPS) is 18.9. The number of fused-ring (bicyclic) bond motifs is 1. The quantitative estimate of drug-likeness (QED) is 0.861. The zero-order valence-corrected chi connectivity index (χ0v) is 10.8. The summed E-state index contributed by atoms with van der Waals surface area (Å²) in [5, 5.41) is 2.87. The Labute approximate surface area is 107 Å². The predicted octanol–water partition coefficient (Wildman–Crippen LogP) is 1.53. The lowest BCUT2D eigenvalue weighted by atomic mass is 10.1. The lowest BCUT2D eigenvalue weighted by Crippen LogP contribution is -2.40. The third-order valence-electron chi connectivity index (χ3n) is 3.17. The van der Waals surface area contributed by atoms with Crippen molar-refractivity contribution in [3.05, 3.63) is 29.8 Å². The van der Waals surface area contributed by atoms with E-state index in [0.717, 1.165) is 12.2 Å². The van der Waals surface area contributed by atoms with Gasteiger partial charge in [-0.3, -0.25) is 4.79 Å². The summed E-state index contributed by atoms with van der Waals surface area (Å²) in [5.74, 6) is 0.857. The maximum atomic E-state index is 11.7. The fourth-order valence-corrected chi connectivity index (χ4v) is 2.16. The maximum absolute atomic E-state index is 11.7. The summed E-state index contributed by atoms with van der Waals surface area (Å²) < 4.78 is 10.8. The number of amides is 1. The summed E-state index contributed by atoms with van der Waals surface area (Å²) in [6.07, 6.45) is 1.18. The van der Waals surface area contributed by atoms with Gasteiger partial charge in [0.1, 0.15) is 18.0 Å². The Morgan fingerprint density at radius 2 is 2.33 bits per heavy atom. The number of benzene rings is 1. The average Bonchev–Trinajstić information content (AvgIpc) is 2.80. The Morgan fingerprint density at radius 1 is 1.56 bits per heavy atom. The molecule has 1 amide bonds. The van der Waals surface area contributed by atoms with E-state index in [0.29, 0.717) is 13.0 Å². The smallest absolute Gasteiger partial charge is 0.249 e. The van der Waals surface area contributed by atoms with Gasteiger partial charge in [-0.05, 0) is 18.1 Å². The molecule has 0 fully saturated rings. The van der Waals surface area contributed by atoms with Crippen LogP contribution < -0.4 is 10.1 Å². The van der Waals surface area contributed by atoms with E-state index in [1.165, 1.54) is 5.56 Å². The van der Waals surface area contributed by atoms with Crippen molar-refractivity contribution >= 4 is 5.91 Å². The fourth-order valence-electron chi connectivity index (χ4n) is 2.16. The zero-order chi connectivity index (χ0) is 13.0. The third kappa shape index (κ3) is 2.82. The minimum absolute atomic E-state index is 0.0284. The van der Waals surface area contributed by atoms with Gasteiger partial charge in [-0.2, -0.15) is 0 Å². The molecule has 1 aromatic carbocycles. The number of methoxy groups -OCH3 is 1. The van der Waals surface area contributed by atoms with Crippen LogP contribution in [0.5, 0.6) is 5.75 Å². The van der Waals surface area contributed by atoms with Crippen molar-refractivity contribution in [2.24, 2.45) is 0 Å². The van der Waals surface area contributed by atoms with Crippen LogP contribution in [0.3, 0.4) is 0 Å². The molecule has 0 unspecified atom stereocenters. The first-order valence-electron chi connectivity index (χ1n) is 6.29. The van der Waals surface area contributed by atoms with Crippen molar-refractivity contribution in [1.82, 2.24) is 5.32 Å². The summed E-state index contributed by atoms with van der Waals surface area (Å²) in [5.41, 5.74) is 1.20. The van der Waals surface area contributed by atoms with Gasteiger partial charge in [0.2, 0.25) is 5.91 Å². The van der Waals surface area contributed by atoms with Gasteiger partial charge < -0.3 is 14.8 Å². The van der Waals surface area contributed by atoms with Gasteiger partial charge in [-0.15, -0.1) is 0 Å². The highest BCUT2D eigenvalue weighted by molar-refractivity contribution is 5.80. The SMILES string of the molecule is CC[C@H](OC)C(=O)NC[C@H]1Cc2ccccc2O1. The first-order valence-corrected chi connectivity index (χ1v) is 6.29. The number of ether oxygens (including phenoxy) is 2. The van der Waals surface area contributed by atoms with E-state index >= 15 is 0 Å². The molecule has 0 bridgehead atoms. The number of carbonyl (C=O) groups excluding carboxylic acids is 1. The van der Waals surface area contributed by atoms with Crippen LogP contribution in [-0.2, 0) is 16.0 Å². The Hall–Kier alpha value is -1.55. The average molecular weight is 249 g/mol. The maximum Gasteiger partial charge on any atom is 0.249 e. The Morgan fingerprint density at radius 3 is 3.00 bits per heavy atom. The second-order valence-electron chi connectivity index (χ2n) is 4.43. The lowest BCUT2D eigenvalue weighted by molar-refractivity contribution is -0.131. The monoisotopic (exact) mass is 249 g/mol. The van der Waals surface area contributed by atoms with Gasteiger partial charge in [-0.25, -0.2) is 0 Å². The fraction of sp³-hybridized carbons (Fsp3) is 0.500. The summed E-state index contributed by atoms with van der Waals surface area (Å²) >= 11 is 0. The van der Waals surface area contributed by atoms with Crippen LogP contribution >= 0.6 is 0 Å². The Bertz CT molecular complexity index is 390. The van der Waals surface area contributed by atoms with Gasteiger partial charge >= 0.3 is 0 Å². The number of carbonyl (C=O) groups is 1. The van der Waals surface area contributed by atoms with E-state index in [1.54, 1.807) is 7.11 Å². The van der Waals surface area contributed by atoms with E-state index in [9.17, 15) is 4.79 Å². The van der Waals surface area contributed by atoms with E-state index in [-0.39, 0.29) is 18.1 Å². The molecule has 2 rings (SSSR count). The van der Waals surface area contributed by atoms with Crippen LogP contribution in [0, 0.1) is 0 Å². The van der Waals surface area contributed by atoms with Gasteiger partial charge in [0.05, 0.1) is 6.54 Å². The summed E-state index contributed by atoms with van der Waals surface area (Å²) in [6.45, 7) is 2.45. The van der Waals surface area contributed by atoms with Gasteiger partial charge in [0.25, 0.3) is 0 Å². The number of hydrogen-bond donors (Lipinski definition) is 1. The number of rotatable bonds is 5. The van der Waals surface area contributed by atoms with E-state index in [2.05, 4.69) is 11.4 Å². The molecule has 1 N–H and O–H groups in total. The topological polar surface area (TPSA) is 47.6 Å². The Balaban J connectivity index is 1.82. The Kier molecular flexibility index (Phi) is 4.20.